The maximum absolute atomic E-state index is 13.9. The standard InChI is InChI=1S/C29H37N3O9/c1-31(2)10-5-11-41-19(34)9-7-14-6-8-18(33)21-16(14)12-15-13-17-23(32(3)4)25(36)22(28(30)39)27(38)29(17,40)26(37)20(15)24(21)35/h6-9,15,17,22-23,25,33,35-36,40H,5,10-13H2,1-4H3,(H2,30,39)/b9-7+/t15-,17-,22?,23-,25?,29-/m0/s1. The summed E-state index contributed by atoms with van der Waals surface area (Å²) in [4.78, 5) is 55.1. The van der Waals surface area contributed by atoms with Gasteiger partial charge in [-0.15, -0.1) is 0 Å². The number of fused-ring (bicyclic) bond motifs is 3. The van der Waals surface area contributed by atoms with Crippen LogP contribution in [0.25, 0.3) is 11.8 Å². The maximum Gasteiger partial charge on any atom is 0.330 e. The molecule has 12 heteroatoms. The number of amides is 1. The molecule has 6 N–H and O–H groups in total. The molecule has 3 aliphatic rings. The summed E-state index contributed by atoms with van der Waals surface area (Å²) in [6.07, 6.45) is 1.98. The van der Waals surface area contributed by atoms with Crippen molar-refractivity contribution in [3.8, 4) is 5.75 Å². The van der Waals surface area contributed by atoms with Crippen LogP contribution < -0.4 is 5.73 Å². The molecule has 0 heterocycles. The molecule has 0 radical (unpaired) electrons. The molecule has 1 aromatic carbocycles. The highest BCUT2D eigenvalue weighted by Crippen LogP contribution is 2.52. The summed E-state index contributed by atoms with van der Waals surface area (Å²) in [6.45, 7) is 0.998. The van der Waals surface area contributed by atoms with E-state index in [4.69, 9.17) is 10.5 Å². The van der Waals surface area contributed by atoms with Gasteiger partial charge in [-0.25, -0.2) is 4.79 Å². The van der Waals surface area contributed by atoms with E-state index in [1.165, 1.54) is 23.1 Å². The van der Waals surface area contributed by atoms with Crippen LogP contribution in [0.5, 0.6) is 5.75 Å². The van der Waals surface area contributed by atoms with Crippen LogP contribution >= 0.6 is 0 Å². The van der Waals surface area contributed by atoms with Gasteiger partial charge in [0.05, 0.1) is 18.3 Å². The van der Waals surface area contributed by atoms with Gasteiger partial charge in [0.2, 0.25) is 11.7 Å². The predicted octanol–water partition coefficient (Wildman–Crippen LogP) is -0.363. The number of ether oxygens (including phenoxy) is 1. The first kappa shape index (κ1) is 30.4. The molecule has 2 fully saturated rings. The van der Waals surface area contributed by atoms with Gasteiger partial charge in [0, 0.05) is 30.2 Å². The lowest BCUT2D eigenvalue weighted by Crippen LogP contribution is -2.73. The molecule has 0 bridgehead atoms. The molecular weight excluding hydrogens is 534 g/mol. The van der Waals surface area contributed by atoms with E-state index in [0.717, 1.165) is 6.54 Å². The Hall–Kier alpha value is -3.58. The number of esters is 1. The molecule has 222 valence electrons. The molecule has 1 aromatic rings. The lowest BCUT2D eigenvalue weighted by Gasteiger charge is -2.53. The molecule has 12 nitrogen and oxygen atoms in total. The van der Waals surface area contributed by atoms with E-state index in [0.29, 0.717) is 17.5 Å². The molecule has 2 unspecified atom stereocenters. The van der Waals surface area contributed by atoms with Crippen LogP contribution in [0.15, 0.2) is 23.8 Å². The highest BCUT2D eigenvalue weighted by molar-refractivity contribution is 6.25. The lowest BCUT2D eigenvalue weighted by atomic mass is 9.54. The molecule has 0 aliphatic heterocycles. The van der Waals surface area contributed by atoms with E-state index in [9.17, 15) is 39.6 Å². The van der Waals surface area contributed by atoms with Crippen molar-refractivity contribution in [3.05, 3.63) is 40.5 Å². The van der Waals surface area contributed by atoms with Crippen molar-refractivity contribution in [2.75, 3.05) is 41.3 Å². The van der Waals surface area contributed by atoms with Gasteiger partial charge in [0.1, 0.15) is 17.4 Å². The number of hydrogen-bond donors (Lipinski definition) is 5. The Kier molecular flexibility index (Phi) is 8.42. The second-order valence-corrected chi connectivity index (χ2v) is 11.5. The average molecular weight is 572 g/mol. The number of aliphatic hydroxyl groups is 3. The zero-order chi connectivity index (χ0) is 30.4. The summed E-state index contributed by atoms with van der Waals surface area (Å²) >= 11 is 0. The largest absolute Gasteiger partial charge is 0.507 e. The van der Waals surface area contributed by atoms with Crippen molar-refractivity contribution >= 4 is 35.3 Å². The number of ketones is 2. The van der Waals surface area contributed by atoms with Crippen LogP contribution in [0, 0.1) is 17.8 Å². The fourth-order valence-corrected chi connectivity index (χ4v) is 6.54. The number of nitrogens with two attached hydrogens (primary N) is 1. The van der Waals surface area contributed by atoms with E-state index in [2.05, 4.69) is 0 Å². The second-order valence-electron chi connectivity index (χ2n) is 11.5. The third-order valence-corrected chi connectivity index (χ3v) is 8.40. The average Bonchev–Trinajstić information content (AvgIpc) is 2.87. The summed E-state index contributed by atoms with van der Waals surface area (Å²) in [5.41, 5.74) is 3.36. The summed E-state index contributed by atoms with van der Waals surface area (Å²) in [6, 6.07) is 1.89. The Morgan fingerprint density at radius 2 is 1.85 bits per heavy atom. The molecule has 4 rings (SSSR count). The van der Waals surface area contributed by atoms with Crippen LogP contribution in [-0.2, 0) is 30.3 Å². The number of rotatable bonds is 8. The number of phenols is 1. The van der Waals surface area contributed by atoms with Gasteiger partial charge in [-0.3, -0.25) is 14.4 Å². The highest BCUT2D eigenvalue weighted by atomic mass is 16.5. The number of phenolic OH excluding ortho intramolecular Hbond substituents is 1. The summed E-state index contributed by atoms with van der Waals surface area (Å²) in [7, 11) is 7.01. The maximum atomic E-state index is 13.9. The Bertz CT molecular complexity index is 1330. The second kappa shape index (κ2) is 11.4. The number of benzene rings is 1. The Balaban J connectivity index is 1.73. The fourth-order valence-electron chi connectivity index (χ4n) is 6.54. The minimum atomic E-state index is -2.71. The van der Waals surface area contributed by atoms with Gasteiger partial charge in [0.15, 0.2) is 11.4 Å². The van der Waals surface area contributed by atoms with Crippen LogP contribution in [0.2, 0.25) is 0 Å². The minimum absolute atomic E-state index is 0.00489. The van der Waals surface area contributed by atoms with E-state index in [-0.39, 0.29) is 36.3 Å². The van der Waals surface area contributed by atoms with Crippen molar-refractivity contribution in [1.82, 2.24) is 9.80 Å². The SMILES string of the molecule is CN(C)CCCOC(=O)/C=C/c1ccc(O)c2c1C[C@H]1C[C@H]3[C@H](N(C)C)C(O)C(C(N)=O)C(=O)[C@@]3(O)C(=O)C1=C2O. The predicted molar refractivity (Wildman–Crippen MR) is 147 cm³/mol. The van der Waals surface area contributed by atoms with Crippen LogP contribution in [0.1, 0.15) is 29.5 Å². The number of carbonyl (C=O) groups is 4. The third-order valence-electron chi connectivity index (χ3n) is 8.40. The zero-order valence-corrected chi connectivity index (χ0v) is 23.5. The fraction of sp³-hybridized carbons (Fsp3) is 0.517. The minimum Gasteiger partial charge on any atom is -0.507 e. The van der Waals surface area contributed by atoms with Crippen molar-refractivity contribution < 1.29 is 44.3 Å². The van der Waals surface area contributed by atoms with Crippen LogP contribution in [0.3, 0.4) is 0 Å². The number of likely N-dealkylation sites (N-methyl/N-ethyl adjacent to an activating group) is 1. The van der Waals surface area contributed by atoms with Crippen molar-refractivity contribution in [3.63, 3.8) is 0 Å². The van der Waals surface area contributed by atoms with Crippen molar-refractivity contribution in [1.29, 1.82) is 0 Å². The van der Waals surface area contributed by atoms with E-state index < -0.39 is 64.7 Å². The van der Waals surface area contributed by atoms with Crippen LogP contribution in [-0.4, -0.2) is 113 Å². The van der Waals surface area contributed by atoms with Gasteiger partial charge in [-0.2, -0.15) is 0 Å². The molecule has 0 spiro atoms. The number of aromatic hydroxyl groups is 1. The van der Waals surface area contributed by atoms with Gasteiger partial charge >= 0.3 is 5.97 Å². The molecule has 3 aliphatic carbocycles. The van der Waals surface area contributed by atoms with Gasteiger partial charge < -0.3 is 40.7 Å². The smallest absolute Gasteiger partial charge is 0.330 e. The number of nitrogens with zero attached hydrogens (tertiary/aromatic N) is 2. The first-order valence-electron chi connectivity index (χ1n) is 13.4. The molecular formula is C29H37N3O9. The monoisotopic (exact) mass is 571 g/mol. The first-order chi connectivity index (χ1) is 19.2. The molecule has 2 saturated carbocycles. The summed E-state index contributed by atoms with van der Waals surface area (Å²) in [5.74, 6) is -8.59. The first-order valence-corrected chi connectivity index (χ1v) is 13.4. The topological polar surface area (TPSA) is 191 Å². The molecule has 0 saturated heterocycles. The zero-order valence-electron chi connectivity index (χ0n) is 23.5. The van der Waals surface area contributed by atoms with E-state index >= 15 is 0 Å². The number of Topliss-reactive ketones (excluding diaryl/α,β-unsaturated/α-hetero) is 2. The van der Waals surface area contributed by atoms with Crippen LogP contribution in [0.4, 0.5) is 0 Å². The lowest BCUT2D eigenvalue weighted by molar-refractivity contribution is -0.184. The number of carbonyl (C=O) groups excluding carboxylic acids is 4. The van der Waals surface area contributed by atoms with Crippen molar-refractivity contribution in [2.24, 2.45) is 23.5 Å². The Labute approximate surface area is 237 Å². The molecule has 1 amide bonds. The van der Waals surface area contributed by atoms with Crippen molar-refractivity contribution in [2.45, 2.75) is 37.0 Å². The normalized spacial score (nSPS) is 29.5. The Morgan fingerprint density at radius 3 is 2.46 bits per heavy atom. The number of primary amides is 1. The summed E-state index contributed by atoms with van der Waals surface area (Å²) in [5, 5.41) is 44.6. The number of hydrogen-bond acceptors (Lipinski definition) is 11. The highest BCUT2D eigenvalue weighted by Gasteiger charge is 2.67. The molecule has 41 heavy (non-hydrogen) atoms. The molecule has 6 atom stereocenters. The van der Waals surface area contributed by atoms with E-state index in [1.807, 2.05) is 19.0 Å². The van der Waals surface area contributed by atoms with Gasteiger partial charge in [-0.1, -0.05) is 6.07 Å². The third kappa shape index (κ3) is 5.16. The van der Waals surface area contributed by atoms with Gasteiger partial charge in [0.25, 0.3) is 0 Å². The quantitative estimate of drug-likeness (QED) is 0.118. The summed E-state index contributed by atoms with van der Waals surface area (Å²) < 4.78 is 5.23. The number of aliphatic hydroxyl groups excluding tert-OH is 2. The molecule has 0 aromatic heterocycles. The van der Waals surface area contributed by atoms with E-state index in [1.54, 1.807) is 20.2 Å². The Morgan fingerprint density at radius 1 is 1.17 bits per heavy atom. The van der Waals surface area contributed by atoms with Gasteiger partial charge in [-0.05, 0) is 76.6 Å².